The normalized spacial score (nSPS) is 10.3. The number of benzene rings is 1. The van der Waals surface area contributed by atoms with Crippen LogP contribution in [0.5, 0.6) is 5.75 Å². The molecule has 0 aliphatic rings. The molecule has 4 nitrogen and oxygen atoms in total. The van der Waals surface area contributed by atoms with Crippen LogP contribution in [0.1, 0.15) is 18.1 Å². The second-order valence-corrected chi connectivity index (χ2v) is 3.87. The minimum atomic E-state index is 0.522. The number of nitrogens with zero attached hydrogens (tertiary/aromatic N) is 1. The van der Waals surface area contributed by atoms with Crippen molar-refractivity contribution in [1.82, 2.24) is 10.7 Å². The molecule has 17 heavy (non-hydrogen) atoms. The Morgan fingerprint density at radius 3 is 2.88 bits per heavy atom. The molecule has 0 atom stereocenters. The van der Waals surface area contributed by atoms with E-state index in [1.807, 2.05) is 32.0 Å². The monoisotopic (exact) mass is 251 g/mol. The molecule has 0 aliphatic carbocycles. The van der Waals surface area contributed by atoms with Crippen molar-refractivity contribution in [2.75, 3.05) is 13.7 Å². The van der Waals surface area contributed by atoms with E-state index in [4.69, 9.17) is 17.0 Å². The van der Waals surface area contributed by atoms with Crippen molar-refractivity contribution in [2.45, 2.75) is 13.8 Å². The molecular weight excluding hydrogens is 234 g/mol. The van der Waals surface area contributed by atoms with Crippen LogP contribution in [0.2, 0.25) is 0 Å². The lowest BCUT2D eigenvalue weighted by Gasteiger charge is -2.05. The molecule has 0 saturated carbocycles. The smallest absolute Gasteiger partial charge is 0.186 e. The van der Waals surface area contributed by atoms with E-state index in [2.05, 4.69) is 15.8 Å². The van der Waals surface area contributed by atoms with Crippen molar-refractivity contribution >= 4 is 23.5 Å². The summed E-state index contributed by atoms with van der Waals surface area (Å²) in [5.41, 5.74) is 4.81. The number of hydrazone groups is 1. The van der Waals surface area contributed by atoms with E-state index in [9.17, 15) is 0 Å². The summed E-state index contributed by atoms with van der Waals surface area (Å²) in [4.78, 5) is 0. The Balaban J connectivity index is 2.60. The standard InChI is InChI=1S/C12H17N3OS/c1-4-13-12(17)15-14-8-10-5-6-11(16-3)9(2)7-10/h5-8H,4H2,1-3H3,(H2,13,15,17)/b14-8-. The number of aryl methyl sites for hydroxylation is 1. The van der Waals surface area contributed by atoms with Crippen LogP contribution in [-0.4, -0.2) is 25.0 Å². The van der Waals surface area contributed by atoms with Gasteiger partial charge in [-0.1, -0.05) is 0 Å². The third-order valence-corrected chi connectivity index (χ3v) is 2.37. The molecule has 0 heterocycles. The van der Waals surface area contributed by atoms with Crippen molar-refractivity contribution in [1.29, 1.82) is 0 Å². The van der Waals surface area contributed by atoms with E-state index in [0.717, 1.165) is 23.4 Å². The number of thiocarbonyl (C=S) groups is 1. The molecular formula is C12H17N3OS. The van der Waals surface area contributed by atoms with Crippen molar-refractivity contribution in [2.24, 2.45) is 5.10 Å². The van der Waals surface area contributed by atoms with Crippen molar-refractivity contribution in [3.63, 3.8) is 0 Å². The number of methoxy groups -OCH3 is 1. The fraction of sp³-hybridized carbons (Fsp3) is 0.333. The van der Waals surface area contributed by atoms with Gasteiger partial charge in [0.05, 0.1) is 13.3 Å². The lowest BCUT2D eigenvalue weighted by atomic mass is 10.1. The summed E-state index contributed by atoms with van der Waals surface area (Å²) >= 11 is 4.98. The molecule has 1 aromatic carbocycles. The molecule has 0 radical (unpaired) electrons. The topological polar surface area (TPSA) is 45.7 Å². The average molecular weight is 251 g/mol. The number of hydrogen-bond donors (Lipinski definition) is 2. The molecule has 0 fully saturated rings. The van der Waals surface area contributed by atoms with Crippen LogP contribution in [0.3, 0.4) is 0 Å². The lowest BCUT2D eigenvalue weighted by molar-refractivity contribution is 0.411. The van der Waals surface area contributed by atoms with Crippen LogP contribution in [0.4, 0.5) is 0 Å². The van der Waals surface area contributed by atoms with Gasteiger partial charge in [0.1, 0.15) is 5.75 Å². The summed E-state index contributed by atoms with van der Waals surface area (Å²) in [6.07, 6.45) is 1.72. The van der Waals surface area contributed by atoms with Crippen LogP contribution in [0.15, 0.2) is 23.3 Å². The van der Waals surface area contributed by atoms with E-state index >= 15 is 0 Å². The van der Waals surface area contributed by atoms with E-state index in [1.54, 1.807) is 13.3 Å². The van der Waals surface area contributed by atoms with Crippen LogP contribution < -0.4 is 15.5 Å². The molecule has 0 amide bonds. The minimum absolute atomic E-state index is 0.522. The first-order valence-electron chi connectivity index (χ1n) is 5.39. The summed E-state index contributed by atoms with van der Waals surface area (Å²) < 4.78 is 5.18. The van der Waals surface area contributed by atoms with Gasteiger partial charge >= 0.3 is 0 Å². The Hall–Kier alpha value is -1.62. The Bertz CT molecular complexity index is 418. The minimum Gasteiger partial charge on any atom is -0.496 e. The second kappa shape index (κ2) is 6.85. The molecule has 0 bridgehead atoms. The van der Waals surface area contributed by atoms with Gasteiger partial charge in [0.2, 0.25) is 0 Å². The van der Waals surface area contributed by atoms with Gasteiger partial charge in [0.25, 0.3) is 0 Å². The quantitative estimate of drug-likeness (QED) is 0.487. The molecule has 0 saturated heterocycles. The summed E-state index contributed by atoms with van der Waals surface area (Å²) in [5, 5.41) is 7.51. The maximum Gasteiger partial charge on any atom is 0.186 e. The van der Waals surface area contributed by atoms with Crippen LogP contribution in [0, 0.1) is 6.92 Å². The molecule has 0 aromatic heterocycles. The molecule has 5 heteroatoms. The first-order chi connectivity index (χ1) is 8.17. The maximum atomic E-state index is 5.18. The Morgan fingerprint density at radius 2 is 2.29 bits per heavy atom. The highest BCUT2D eigenvalue weighted by Crippen LogP contribution is 2.17. The zero-order valence-electron chi connectivity index (χ0n) is 10.3. The van der Waals surface area contributed by atoms with Crippen molar-refractivity contribution in [3.8, 4) is 5.75 Å². The van der Waals surface area contributed by atoms with E-state index < -0.39 is 0 Å². The molecule has 0 unspecified atom stereocenters. The highest BCUT2D eigenvalue weighted by Gasteiger charge is 1.97. The second-order valence-electron chi connectivity index (χ2n) is 3.46. The van der Waals surface area contributed by atoms with Crippen molar-refractivity contribution < 1.29 is 4.74 Å². The van der Waals surface area contributed by atoms with Gasteiger partial charge in [-0.15, -0.1) is 0 Å². The largest absolute Gasteiger partial charge is 0.496 e. The van der Waals surface area contributed by atoms with Gasteiger partial charge in [-0.2, -0.15) is 5.10 Å². The molecule has 1 aromatic rings. The summed E-state index contributed by atoms with van der Waals surface area (Å²) in [7, 11) is 1.66. The molecule has 2 N–H and O–H groups in total. The van der Waals surface area contributed by atoms with E-state index in [0.29, 0.717) is 5.11 Å². The fourth-order valence-electron chi connectivity index (χ4n) is 1.35. The Labute approximate surface area is 107 Å². The molecule has 0 spiro atoms. The predicted octanol–water partition coefficient (Wildman–Crippen LogP) is 1.82. The van der Waals surface area contributed by atoms with Crippen LogP contribution in [0.25, 0.3) is 0 Å². The zero-order valence-corrected chi connectivity index (χ0v) is 11.1. The van der Waals surface area contributed by atoms with E-state index in [1.165, 1.54) is 0 Å². The average Bonchev–Trinajstić information content (AvgIpc) is 2.29. The summed E-state index contributed by atoms with van der Waals surface area (Å²) in [5.74, 6) is 0.873. The third-order valence-electron chi connectivity index (χ3n) is 2.14. The maximum absolute atomic E-state index is 5.18. The Morgan fingerprint density at radius 1 is 1.53 bits per heavy atom. The van der Waals surface area contributed by atoms with Gasteiger partial charge < -0.3 is 10.1 Å². The predicted molar refractivity (Wildman–Crippen MR) is 74.7 cm³/mol. The van der Waals surface area contributed by atoms with Crippen LogP contribution in [-0.2, 0) is 0 Å². The number of nitrogens with one attached hydrogen (secondary N) is 2. The van der Waals surface area contributed by atoms with E-state index in [-0.39, 0.29) is 0 Å². The number of hydrogen-bond acceptors (Lipinski definition) is 3. The van der Waals surface area contributed by atoms with Crippen LogP contribution >= 0.6 is 12.2 Å². The molecule has 92 valence electrons. The van der Waals surface area contributed by atoms with Gasteiger partial charge in [0.15, 0.2) is 5.11 Å². The first kappa shape index (κ1) is 13.4. The highest BCUT2D eigenvalue weighted by molar-refractivity contribution is 7.80. The number of rotatable bonds is 4. The lowest BCUT2D eigenvalue weighted by Crippen LogP contribution is -2.31. The highest BCUT2D eigenvalue weighted by atomic mass is 32.1. The van der Waals surface area contributed by atoms with Gasteiger partial charge in [-0.25, -0.2) is 0 Å². The van der Waals surface area contributed by atoms with Gasteiger partial charge in [-0.3, -0.25) is 5.43 Å². The van der Waals surface area contributed by atoms with Gasteiger partial charge in [-0.05, 0) is 55.4 Å². The number of ether oxygens (including phenoxy) is 1. The first-order valence-corrected chi connectivity index (χ1v) is 5.79. The van der Waals surface area contributed by atoms with Crippen molar-refractivity contribution in [3.05, 3.63) is 29.3 Å². The molecule has 1 rings (SSSR count). The summed E-state index contributed by atoms with van der Waals surface area (Å²) in [6.45, 7) is 4.75. The summed E-state index contributed by atoms with van der Waals surface area (Å²) in [6, 6.07) is 5.85. The zero-order chi connectivity index (χ0) is 12.7. The van der Waals surface area contributed by atoms with Gasteiger partial charge in [0, 0.05) is 6.54 Å². The third kappa shape index (κ3) is 4.40. The molecule has 0 aliphatic heterocycles. The SMILES string of the molecule is CCNC(=S)N/N=C\c1ccc(OC)c(C)c1. The fourth-order valence-corrected chi connectivity index (χ4v) is 1.54. The Kier molecular flexibility index (Phi) is 5.42.